The third-order valence-corrected chi connectivity index (χ3v) is 2.87. The zero-order valence-electron chi connectivity index (χ0n) is 9.42. The van der Waals surface area contributed by atoms with Crippen LogP contribution in [0.25, 0.3) is 0 Å². The van der Waals surface area contributed by atoms with Crippen LogP contribution in [0.15, 0.2) is 5.51 Å². The van der Waals surface area contributed by atoms with Crippen molar-refractivity contribution in [1.82, 2.24) is 4.98 Å². The Balaban J connectivity index is 3.12. The monoisotopic (exact) mass is 211 g/mol. The Bertz CT molecular complexity index is 333. The molecule has 0 unspecified atom stereocenters. The lowest BCUT2D eigenvalue weighted by atomic mass is 9.89. The largest absolute Gasteiger partial charge is 0.293 e. The minimum absolute atomic E-state index is 0.0418. The number of hydrogen-bond donors (Lipinski definition) is 0. The lowest BCUT2D eigenvalue weighted by Crippen LogP contribution is -2.18. The molecule has 1 aromatic rings. The van der Waals surface area contributed by atoms with Gasteiger partial charge in [-0.25, -0.2) is 4.98 Å². The summed E-state index contributed by atoms with van der Waals surface area (Å²) in [6.45, 7) is 10.1. The minimum Gasteiger partial charge on any atom is -0.293 e. The van der Waals surface area contributed by atoms with Gasteiger partial charge in [0.25, 0.3) is 0 Å². The molecule has 0 atom stereocenters. The molecule has 0 aliphatic rings. The number of aromatic nitrogens is 1. The molecule has 0 saturated heterocycles. The van der Waals surface area contributed by atoms with Gasteiger partial charge >= 0.3 is 0 Å². The Morgan fingerprint density at radius 3 is 2.43 bits per heavy atom. The summed E-state index contributed by atoms with van der Waals surface area (Å²) in [5, 5.41) is 0. The third-order valence-electron chi connectivity index (χ3n) is 2.03. The lowest BCUT2D eigenvalue weighted by molar-refractivity contribution is 0.0941. The number of Topliss-reactive ketones (excluding diaryl/α,β-unsaturated/α-hetero) is 1. The van der Waals surface area contributed by atoms with Crippen molar-refractivity contribution >= 4 is 17.1 Å². The molecule has 78 valence electrons. The van der Waals surface area contributed by atoms with E-state index in [0.29, 0.717) is 0 Å². The van der Waals surface area contributed by atoms with Gasteiger partial charge in [-0.2, -0.15) is 0 Å². The Kier molecular flexibility index (Phi) is 3.10. The zero-order valence-corrected chi connectivity index (χ0v) is 10.2. The fraction of sp³-hybridized carbons (Fsp3) is 0.636. The fourth-order valence-electron chi connectivity index (χ4n) is 1.22. The highest BCUT2D eigenvalue weighted by atomic mass is 32.1. The molecule has 2 nitrogen and oxygen atoms in total. The highest BCUT2D eigenvalue weighted by Crippen LogP contribution is 2.28. The fourth-order valence-corrected chi connectivity index (χ4v) is 2.30. The Morgan fingerprint density at radius 1 is 1.43 bits per heavy atom. The van der Waals surface area contributed by atoms with Crippen molar-refractivity contribution in [3.8, 4) is 0 Å². The van der Waals surface area contributed by atoms with Crippen LogP contribution in [0.5, 0.6) is 0 Å². The Hall–Kier alpha value is -0.700. The topological polar surface area (TPSA) is 30.0 Å². The van der Waals surface area contributed by atoms with E-state index in [-0.39, 0.29) is 17.1 Å². The lowest BCUT2D eigenvalue weighted by Gasteiger charge is -2.17. The van der Waals surface area contributed by atoms with Gasteiger partial charge in [0.15, 0.2) is 5.78 Å². The van der Waals surface area contributed by atoms with Crippen LogP contribution in [0, 0.1) is 5.92 Å². The third kappa shape index (κ3) is 2.21. The average Bonchev–Trinajstić information content (AvgIpc) is 2.48. The van der Waals surface area contributed by atoms with E-state index in [1.54, 1.807) is 5.51 Å². The summed E-state index contributed by atoms with van der Waals surface area (Å²) in [7, 11) is 0. The van der Waals surface area contributed by atoms with Crippen LogP contribution in [0.4, 0.5) is 0 Å². The molecule has 0 aliphatic heterocycles. The van der Waals surface area contributed by atoms with E-state index in [4.69, 9.17) is 0 Å². The van der Waals surface area contributed by atoms with Gasteiger partial charge in [0.1, 0.15) is 0 Å². The van der Waals surface area contributed by atoms with Gasteiger partial charge in [-0.05, 0) is 0 Å². The molecule has 0 aliphatic carbocycles. The molecule has 0 saturated carbocycles. The zero-order chi connectivity index (χ0) is 10.9. The summed E-state index contributed by atoms with van der Waals surface area (Å²) >= 11 is 1.45. The van der Waals surface area contributed by atoms with E-state index in [9.17, 15) is 4.79 Å². The van der Waals surface area contributed by atoms with E-state index in [2.05, 4.69) is 25.8 Å². The molecule has 0 aromatic carbocycles. The molecule has 0 spiro atoms. The van der Waals surface area contributed by atoms with Crippen molar-refractivity contribution in [1.29, 1.82) is 0 Å². The first-order chi connectivity index (χ1) is 6.34. The van der Waals surface area contributed by atoms with E-state index in [1.807, 2.05) is 13.8 Å². The maximum absolute atomic E-state index is 11.8. The van der Waals surface area contributed by atoms with Gasteiger partial charge < -0.3 is 0 Å². The van der Waals surface area contributed by atoms with Crippen molar-refractivity contribution in [2.24, 2.45) is 5.92 Å². The summed E-state index contributed by atoms with van der Waals surface area (Å²) in [6, 6.07) is 0. The Morgan fingerprint density at radius 2 is 2.00 bits per heavy atom. The molecule has 0 bridgehead atoms. The smallest absolute Gasteiger partial charge is 0.177 e. The normalized spacial score (nSPS) is 12.1. The van der Waals surface area contributed by atoms with E-state index < -0.39 is 0 Å². The number of carbonyl (C=O) groups is 1. The average molecular weight is 211 g/mol. The second kappa shape index (κ2) is 3.81. The maximum atomic E-state index is 11.8. The van der Waals surface area contributed by atoms with Gasteiger partial charge in [0, 0.05) is 11.3 Å². The predicted octanol–water partition coefficient (Wildman–Crippen LogP) is 3.28. The molecule has 0 radical (unpaired) electrons. The molecule has 3 heteroatoms. The SMILES string of the molecule is CC(C)C(=O)c1scnc1C(C)(C)C. The highest BCUT2D eigenvalue weighted by molar-refractivity contribution is 7.12. The molecule has 0 N–H and O–H groups in total. The Labute approximate surface area is 89.4 Å². The van der Waals surface area contributed by atoms with Crippen molar-refractivity contribution in [2.45, 2.75) is 40.0 Å². The van der Waals surface area contributed by atoms with E-state index in [1.165, 1.54) is 11.3 Å². The second-order valence-electron chi connectivity index (χ2n) is 4.80. The van der Waals surface area contributed by atoms with Crippen LogP contribution in [-0.4, -0.2) is 10.8 Å². The summed E-state index contributed by atoms with van der Waals surface area (Å²) in [6.07, 6.45) is 0. The van der Waals surface area contributed by atoms with Crippen LogP contribution in [0.3, 0.4) is 0 Å². The summed E-state index contributed by atoms with van der Waals surface area (Å²) in [5.41, 5.74) is 2.65. The van der Waals surface area contributed by atoms with Crippen LogP contribution in [0.2, 0.25) is 0 Å². The van der Waals surface area contributed by atoms with E-state index in [0.717, 1.165) is 10.6 Å². The standard InChI is InChI=1S/C11H17NOS/c1-7(2)8(13)9-10(11(3,4)5)12-6-14-9/h6-7H,1-5H3. The molecular formula is C11H17NOS. The predicted molar refractivity (Wildman–Crippen MR) is 60.0 cm³/mol. The number of hydrogen-bond acceptors (Lipinski definition) is 3. The van der Waals surface area contributed by atoms with Crippen LogP contribution in [0.1, 0.15) is 50.0 Å². The van der Waals surface area contributed by atoms with Crippen molar-refractivity contribution < 1.29 is 4.79 Å². The van der Waals surface area contributed by atoms with Crippen molar-refractivity contribution in [3.63, 3.8) is 0 Å². The first-order valence-electron chi connectivity index (χ1n) is 4.82. The van der Waals surface area contributed by atoms with Crippen molar-refractivity contribution in [3.05, 3.63) is 16.1 Å². The van der Waals surface area contributed by atoms with Gasteiger partial charge in [-0.1, -0.05) is 34.6 Å². The van der Waals surface area contributed by atoms with Crippen LogP contribution >= 0.6 is 11.3 Å². The molecule has 0 fully saturated rings. The number of thiazole rings is 1. The van der Waals surface area contributed by atoms with Crippen molar-refractivity contribution in [2.75, 3.05) is 0 Å². The second-order valence-corrected chi connectivity index (χ2v) is 5.65. The first kappa shape index (κ1) is 11.4. The molecule has 1 heterocycles. The molecule has 14 heavy (non-hydrogen) atoms. The quantitative estimate of drug-likeness (QED) is 0.703. The van der Waals surface area contributed by atoms with E-state index >= 15 is 0 Å². The maximum Gasteiger partial charge on any atom is 0.177 e. The number of ketones is 1. The van der Waals surface area contributed by atoms with Gasteiger partial charge in [0.2, 0.25) is 0 Å². The first-order valence-corrected chi connectivity index (χ1v) is 5.70. The summed E-state index contributed by atoms with van der Waals surface area (Å²) in [5.74, 6) is 0.258. The number of carbonyl (C=O) groups excluding carboxylic acids is 1. The van der Waals surface area contributed by atoms with Crippen LogP contribution < -0.4 is 0 Å². The molecule has 1 aromatic heterocycles. The van der Waals surface area contributed by atoms with Gasteiger partial charge in [-0.15, -0.1) is 11.3 Å². The molecule has 1 rings (SSSR count). The van der Waals surface area contributed by atoms with Gasteiger partial charge in [0.05, 0.1) is 16.1 Å². The molecular weight excluding hydrogens is 194 g/mol. The number of rotatable bonds is 2. The highest BCUT2D eigenvalue weighted by Gasteiger charge is 2.25. The van der Waals surface area contributed by atoms with Crippen LogP contribution in [-0.2, 0) is 5.41 Å². The summed E-state index contributed by atoms with van der Waals surface area (Å²) < 4.78 is 0. The molecule has 0 amide bonds. The summed E-state index contributed by atoms with van der Waals surface area (Å²) in [4.78, 5) is 17.0. The number of nitrogens with zero attached hydrogens (tertiary/aromatic N) is 1. The minimum atomic E-state index is -0.0418. The van der Waals surface area contributed by atoms with Gasteiger partial charge in [-0.3, -0.25) is 4.79 Å².